The molecule has 0 saturated carbocycles. The van der Waals surface area contributed by atoms with Crippen LogP contribution in [0.3, 0.4) is 0 Å². The van der Waals surface area contributed by atoms with Crippen molar-refractivity contribution in [3.8, 4) is 0 Å². The fourth-order valence-corrected chi connectivity index (χ4v) is 3.63. The summed E-state index contributed by atoms with van der Waals surface area (Å²) in [6.45, 7) is 3.92. The van der Waals surface area contributed by atoms with Crippen LogP contribution in [-0.4, -0.2) is 41.5 Å². The first-order valence-corrected chi connectivity index (χ1v) is 9.70. The molecule has 134 valence electrons. The molecule has 0 aliphatic carbocycles. The number of amides is 1. The van der Waals surface area contributed by atoms with E-state index in [4.69, 9.17) is 4.74 Å². The maximum Gasteiger partial charge on any atom is 0.221 e. The molecule has 1 amide bonds. The van der Waals surface area contributed by atoms with Gasteiger partial charge in [-0.05, 0) is 43.0 Å². The average molecular weight is 359 g/mol. The predicted octanol–water partition coefficient (Wildman–Crippen LogP) is 2.83. The minimum Gasteiger partial charge on any atom is -0.371 e. The molecule has 1 fully saturated rings. The van der Waals surface area contributed by atoms with E-state index < -0.39 is 0 Å². The zero-order valence-electron chi connectivity index (χ0n) is 14.4. The largest absolute Gasteiger partial charge is 0.371 e. The molecular formula is C19H25N3O2S. The van der Waals surface area contributed by atoms with Crippen molar-refractivity contribution in [3.05, 3.63) is 52.5 Å². The number of nitrogens with zero attached hydrogens (tertiary/aromatic N) is 2. The summed E-state index contributed by atoms with van der Waals surface area (Å²) < 4.78 is 6.00. The molecule has 3 heterocycles. The number of pyridine rings is 1. The molecule has 0 unspecified atom stereocenters. The van der Waals surface area contributed by atoms with Crippen LogP contribution < -0.4 is 5.32 Å². The van der Waals surface area contributed by atoms with Gasteiger partial charge in [-0.1, -0.05) is 12.1 Å². The van der Waals surface area contributed by atoms with Crippen molar-refractivity contribution < 1.29 is 9.53 Å². The highest BCUT2D eigenvalue weighted by atomic mass is 32.1. The Labute approximate surface area is 153 Å². The van der Waals surface area contributed by atoms with Crippen molar-refractivity contribution in [1.82, 2.24) is 15.2 Å². The second kappa shape index (κ2) is 9.65. The highest BCUT2D eigenvalue weighted by molar-refractivity contribution is 7.09. The lowest BCUT2D eigenvalue weighted by Crippen LogP contribution is -2.41. The molecule has 5 nitrogen and oxygen atoms in total. The van der Waals surface area contributed by atoms with Gasteiger partial charge in [0.1, 0.15) is 0 Å². The SMILES string of the molecule is O=C(CCN1CCC[C@@H](OCc2ccccn2)C1)NCc1cccs1. The van der Waals surface area contributed by atoms with Crippen molar-refractivity contribution in [2.24, 2.45) is 0 Å². The lowest BCUT2D eigenvalue weighted by Gasteiger charge is -2.32. The lowest BCUT2D eigenvalue weighted by molar-refractivity contribution is -0.121. The van der Waals surface area contributed by atoms with E-state index >= 15 is 0 Å². The summed E-state index contributed by atoms with van der Waals surface area (Å²) in [5, 5.41) is 5.02. The van der Waals surface area contributed by atoms with E-state index in [0.29, 0.717) is 19.6 Å². The molecule has 0 aromatic carbocycles. The van der Waals surface area contributed by atoms with Gasteiger partial charge >= 0.3 is 0 Å². The van der Waals surface area contributed by atoms with Crippen LogP contribution in [0, 0.1) is 0 Å². The third kappa shape index (κ3) is 6.23. The van der Waals surface area contributed by atoms with Crippen LogP contribution in [0.15, 0.2) is 41.9 Å². The number of hydrogen-bond acceptors (Lipinski definition) is 5. The van der Waals surface area contributed by atoms with Crippen LogP contribution >= 0.6 is 11.3 Å². The summed E-state index contributed by atoms with van der Waals surface area (Å²) in [4.78, 5) is 19.8. The number of ether oxygens (including phenoxy) is 1. The summed E-state index contributed by atoms with van der Waals surface area (Å²) in [5.41, 5.74) is 0.965. The molecule has 0 spiro atoms. The second-order valence-corrected chi connectivity index (χ2v) is 7.34. The van der Waals surface area contributed by atoms with Crippen LogP contribution in [0.4, 0.5) is 0 Å². The van der Waals surface area contributed by atoms with Crippen LogP contribution in [0.25, 0.3) is 0 Å². The maximum absolute atomic E-state index is 12.0. The minimum atomic E-state index is 0.116. The minimum absolute atomic E-state index is 0.116. The van der Waals surface area contributed by atoms with E-state index in [1.165, 1.54) is 4.88 Å². The van der Waals surface area contributed by atoms with Gasteiger partial charge in [0.25, 0.3) is 0 Å². The van der Waals surface area contributed by atoms with Gasteiger partial charge in [0.2, 0.25) is 5.91 Å². The first kappa shape index (κ1) is 18.0. The van der Waals surface area contributed by atoms with Crippen LogP contribution in [0.5, 0.6) is 0 Å². The molecule has 1 N–H and O–H groups in total. The summed E-state index contributed by atoms with van der Waals surface area (Å²) in [6, 6.07) is 9.92. The molecule has 0 bridgehead atoms. The van der Waals surface area contributed by atoms with Gasteiger partial charge in [-0.2, -0.15) is 0 Å². The smallest absolute Gasteiger partial charge is 0.221 e. The summed E-state index contributed by atoms with van der Waals surface area (Å²) in [6.07, 6.45) is 4.75. The maximum atomic E-state index is 12.0. The predicted molar refractivity (Wildman–Crippen MR) is 99.3 cm³/mol. The number of piperidine rings is 1. The van der Waals surface area contributed by atoms with Crippen molar-refractivity contribution in [2.75, 3.05) is 19.6 Å². The molecule has 1 aliphatic heterocycles. The monoisotopic (exact) mass is 359 g/mol. The molecule has 2 aromatic rings. The Morgan fingerprint density at radius 3 is 3.12 bits per heavy atom. The number of carbonyl (C=O) groups is 1. The standard InChI is InChI=1S/C19H25N3O2S/c23-19(21-13-18-7-4-12-25-18)8-11-22-10-3-6-17(14-22)24-15-16-5-1-2-9-20-16/h1-2,4-5,7,9,12,17H,3,6,8,10-11,13-15H2,(H,21,23)/t17-/m1/s1. The lowest BCUT2D eigenvalue weighted by atomic mass is 10.1. The van der Waals surface area contributed by atoms with Crippen molar-refractivity contribution in [2.45, 2.75) is 38.5 Å². The molecular weight excluding hydrogens is 334 g/mol. The molecule has 1 aliphatic rings. The van der Waals surface area contributed by atoms with Crippen LogP contribution in [0.1, 0.15) is 29.8 Å². The summed E-state index contributed by atoms with van der Waals surface area (Å²) in [5.74, 6) is 0.116. The summed E-state index contributed by atoms with van der Waals surface area (Å²) >= 11 is 1.67. The third-order valence-electron chi connectivity index (χ3n) is 4.35. The molecule has 25 heavy (non-hydrogen) atoms. The quantitative estimate of drug-likeness (QED) is 0.787. The van der Waals surface area contributed by atoms with Gasteiger partial charge < -0.3 is 15.0 Å². The zero-order valence-corrected chi connectivity index (χ0v) is 15.2. The number of carbonyl (C=O) groups excluding carboxylic acids is 1. The summed E-state index contributed by atoms with van der Waals surface area (Å²) in [7, 11) is 0. The van der Waals surface area contributed by atoms with E-state index in [1.807, 2.05) is 35.7 Å². The highest BCUT2D eigenvalue weighted by Crippen LogP contribution is 2.15. The normalized spacial score (nSPS) is 18.2. The molecule has 3 rings (SSSR count). The third-order valence-corrected chi connectivity index (χ3v) is 5.23. The molecule has 0 radical (unpaired) electrons. The second-order valence-electron chi connectivity index (χ2n) is 6.30. The van der Waals surface area contributed by atoms with E-state index in [1.54, 1.807) is 17.5 Å². The Hall–Kier alpha value is -1.76. The number of rotatable bonds is 8. The van der Waals surface area contributed by atoms with Gasteiger partial charge in [-0.15, -0.1) is 11.3 Å². The average Bonchev–Trinajstić information content (AvgIpc) is 3.18. The van der Waals surface area contributed by atoms with Gasteiger partial charge in [-0.3, -0.25) is 9.78 Å². The number of nitrogens with one attached hydrogen (secondary N) is 1. The first-order valence-electron chi connectivity index (χ1n) is 8.82. The number of thiophene rings is 1. The van der Waals surface area contributed by atoms with Crippen molar-refractivity contribution in [1.29, 1.82) is 0 Å². The van der Waals surface area contributed by atoms with E-state index in [2.05, 4.69) is 15.2 Å². The Kier molecular flexibility index (Phi) is 6.97. The van der Waals surface area contributed by atoms with Crippen LogP contribution in [0.2, 0.25) is 0 Å². The first-order chi connectivity index (χ1) is 12.3. The van der Waals surface area contributed by atoms with Gasteiger partial charge in [-0.25, -0.2) is 0 Å². The van der Waals surface area contributed by atoms with Gasteiger partial charge in [0.15, 0.2) is 0 Å². The van der Waals surface area contributed by atoms with Crippen molar-refractivity contribution >= 4 is 17.2 Å². The van der Waals surface area contributed by atoms with Gasteiger partial charge in [0, 0.05) is 30.6 Å². The van der Waals surface area contributed by atoms with Crippen LogP contribution in [-0.2, 0) is 22.7 Å². The fourth-order valence-electron chi connectivity index (χ4n) is 2.99. The number of aromatic nitrogens is 1. The van der Waals surface area contributed by atoms with Gasteiger partial charge in [0.05, 0.1) is 24.9 Å². The Morgan fingerprint density at radius 1 is 1.36 bits per heavy atom. The number of likely N-dealkylation sites (tertiary alicyclic amines) is 1. The molecule has 6 heteroatoms. The highest BCUT2D eigenvalue weighted by Gasteiger charge is 2.21. The van der Waals surface area contributed by atoms with E-state index in [0.717, 1.165) is 38.2 Å². The fraction of sp³-hybridized carbons (Fsp3) is 0.474. The molecule has 1 saturated heterocycles. The topological polar surface area (TPSA) is 54.5 Å². The molecule has 2 aromatic heterocycles. The molecule has 1 atom stereocenters. The Bertz CT molecular complexity index is 633. The van der Waals surface area contributed by atoms with E-state index in [-0.39, 0.29) is 12.0 Å². The number of hydrogen-bond donors (Lipinski definition) is 1. The Morgan fingerprint density at radius 2 is 2.32 bits per heavy atom. The zero-order chi connectivity index (χ0) is 17.3. The van der Waals surface area contributed by atoms with E-state index in [9.17, 15) is 4.79 Å². The van der Waals surface area contributed by atoms with Crippen molar-refractivity contribution in [3.63, 3.8) is 0 Å². The Balaban J connectivity index is 1.34.